The van der Waals surface area contributed by atoms with Gasteiger partial charge in [-0.25, -0.2) is 23.7 Å². The summed E-state index contributed by atoms with van der Waals surface area (Å²) >= 11 is 0. The third-order valence-electron chi connectivity index (χ3n) is 13.2. The molecule has 61 heavy (non-hydrogen) atoms. The number of anilines is 4. The number of amides is 2. The smallest absolute Gasteiger partial charge is 0.278 e. The maximum absolute atomic E-state index is 16.1. The minimum atomic E-state index is -1.27. The number of pyridine rings is 1. The molecular weight excluding hydrogens is 776 g/mol. The number of fused-ring (bicyclic) bond motifs is 2. The fourth-order valence-electron chi connectivity index (χ4n) is 9.44. The highest BCUT2D eigenvalue weighted by molar-refractivity contribution is 6.01. The van der Waals surface area contributed by atoms with Crippen LogP contribution in [-0.4, -0.2) is 85.7 Å². The van der Waals surface area contributed by atoms with Crippen molar-refractivity contribution in [2.24, 2.45) is 0 Å². The lowest BCUT2D eigenvalue weighted by Crippen LogP contribution is -2.51. The molecule has 0 saturated carbocycles. The van der Waals surface area contributed by atoms with Crippen LogP contribution in [0.15, 0.2) is 84.3 Å². The number of aliphatic hydroxyl groups is 1. The number of carbonyl (C=O) groups is 2. The number of halogens is 1. The van der Waals surface area contributed by atoms with Crippen LogP contribution in [-0.2, 0) is 28.2 Å². The predicted molar refractivity (Wildman–Crippen MR) is 233 cm³/mol. The normalized spacial score (nSPS) is 21.7. The zero-order chi connectivity index (χ0) is 42.3. The number of nitrogens with zero attached hydrogens (tertiary/aromatic N) is 7. The molecule has 3 fully saturated rings. The summed E-state index contributed by atoms with van der Waals surface area (Å²) in [5, 5.41) is 20.9. The molecule has 4 N–H and O–H groups in total. The van der Waals surface area contributed by atoms with E-state index in [1.165, 1.54) is 10.9 Å². The van der Waals surface area contributed by atoms with Gasteiger partial charge in [0.05, 0.1) is 18.2 Å². The van der Waals surface area contributed by atoms with E-state index in [9.17, 15) is 19.5 Å². The average molecular weight is 829 g/mol. The van der Waals surface area contributed by atoms with Gasteiger partial charge in [0.25, 0.3) is 5.56 Å². The van der Waals surface area contributed by atoms with Gasteiger partial charge in [-0.05, 0) is 92.1 Å². The molecule has 15 heteroatoms. The number of aryl methyl sites for hydroxylation is 1. The van der Waals surface area contributed by atoms with E-state index < -0.39 is 11.3 Å². The molecule has 5 aromatic rings. The molecule has 318 valence electrons. The number of alkyl halides is 1. The highest BCUT2D eigenvalue weighted by Crippen LogP contribution is 2.39. The summed E-state index contributed by atoms with van der Waals surface area (Å²) in [5.74, 6) is 0.0902. The van der Waals surface area contributed by atoms with Gasteiger partial charge in [0, 0.05) is 81.3 Å². The van der Waals surface area contributed by atoms with Crippen LogP contribution in [0.1, 0.15) is 81.0 Å². The van der Waals surface area contributed by atoms with Gasteiger partial charge < -0.3 is 25.5 Å². The van der Waals surface area contributed by atoms with Gasteiger partial charge in [-0.2, -0.15) is 4.98 Å². The number of allylic oxidation sites excluding steroid dienone is 1. The monoisotopic (exact) mass is 828 g/mol. The fourth-order valence-corrected chi connectivity index (χ4v) is 9.44. The third kappa shape index (κ3) is 8.04. The lowest BCUT2D eigenvalue weighted by molar-refractivity contribution is -0.134. The first-order valence-corrected chi connectivity index (χ1v) is 21.6. The van der Waals surface area contributed by atoms with Crippen molar-refractivity contribution in [3.05, 3.63) is 107 Å². The number of benzene rings is 2. The van der Waals surface area contributed by atoms with Crippen molar-refractivity contribution in [1.29, 1.82) is 0 Å². The molecular formula is C46H53FN10O4. The maximum atomic E-state index is 16.1. The Labute approximate surface area is 353 Å². The zero-order valence-corrected chi connectivity index (χ0v) is 34.6. The van der Waals surface area contributed by atoms with Crippen LogP contribution in [0.3, 0.4) is 0 Å². The Bertz CT molecular complexity index is 2500. The van der Waals surface area contributed by atoms with Crippen molar-refractivity contribution < 1.29 is 19.1 Å². The molecule has 0 bridgehead atoms. The Balaban J connectivity index is 0.785. The van der Waals surface area contributed by atoms with Crippen molar-refractivity contribution >= 4 is 45.9 Å². The van der Waals surface area contributed by atoms with Crippen molar-refractivity contribution in [3.8, 4) is 5.82 Å². The number of nitrogens with one attached hydrogen (secondary N) is 3. The standard InChI is InChI=1S/C46H53FN10O4/c1-3-23-56-43(60)37-28-48-44(53-41(37)57(56)38-15-7-31-17-20-46(61,4-2)40(31)51-38)50-33-8-12-35(13-9-33)55-26-21-45(47,22-27-55)29-49-32-18-24-54(25-19-32)34-10-5-30(6-11-34)36-14-16-39(58)52-42(36)59/h3,5-13,15,28,32,36,49,61H,1,4,14,16-27,29H2,2H3,(H,48,50,53)(H,52,58,59)/t36?,46-/m1/s1. The summed E-state index contributed by atoms with van der Waals surface area (Å²) in [5.41, 5.74) is 3.33. The second-order valence-corrected chi connectivity index (χ2v) is 17.0. The number of hydrogen-bond acceptors (Lipinski definition) is 11. The Morgan fingerprint density at radius 3 is 2.30 bits per heavy atom. The molecule has 0 radical (unpaired) electrons. The molecule has 14 nitrogen and oxygen atoms in total. The van der Waals surface area contributed by atoms with E-state index >= 15 is 4.39 Å². The van der Waals surface area contributed by atoms with E-state index in [1.54, 1.807) is 10.8 Å². The van der Waals surface area contributed by atoms with E-state index in [0.717, 1.165) is 60.5 Å². The van der Waals surface area contributed by atoms with Crippen LogP contribution in [0.2, 0.25) is 0 Å². The Kier molecular flexibility index (Phi) is 10.9. The van der Waals surface area contributed by atoms with Crippen molar-refractivity contribution in [2.45, 2.75) is 94.5 Å². The van der Waals surface area contributed by atoms with Crippen LogP contribution >= 0.6 is 0 Å². The molecule has 3 aromatic heterocycles. The van der Waals surface area contributed by atoms with Crippen LogP contribution in [0.5, 0.6) is 0 Å². The fraction of sp³-hybridized carbons (Fsp3) is 0.435. The minimum absolute atomic E-state index is 0.205. The molecule has 4 aliphatic rings. The molecule has 6 heterocycles. The Morgan fingerprint density at radius 2 is 1.61 bits per heavy atom. The molecule has 0 spiro atoms. The SMILES string of the molecule is C=CCn1c(=O)c2cnc(Nc3ccc(N4CCC(F)(CNC5CCN(c6ccc(C7CCC(=O)NC7=O)cc6)CC5)CC4)cc3)nc2n1-c1ccc2c(n1)[C@@](O)(CC)CC2. The second-order valence-electron chi connectivity index (χ2n) is 17.0. The van der Waals surface area contributed by atoms with Gasteiger partial charge in [0.1, 0.15) is 16.7 Å². The molecule has 2 atom stereocenters. The summed E-state index contributed by atoms with van der Waals surface area (Å²) in [4.78, 5) is 56.0. The number of imide groups is 1. The van der Waals surface area contributed by atoms with E-state index in [4.69, 9.17) is 9.97 Å². The Morgan fingerprint density at radius 1 is 0.902 bits per heavy atom. The van der Waals surface area contributed by atoms with E-state index in [-0.39, 0.29) is 35.9 Å². The van der Waals surface area contributed by atoms with Crippen molar-refractivity contribution in [3.63, 3.8) is 0 Å². The summed E-state index contributed by atoms with van der Waals surface area (Å²) < 4.78 is 19.3. The van der Waals surface area contributed by atoms with Crippen molar-refractivity contribution in [1.82, 2.24) is 34.9 Å². The average Bonchev–Trinajstić information content (AvgIpc) is 3.76. The minimum Gasteiger partial charge on any atom is -0.384 e. The highest BCUT2D eigenvalue weighted by Gasteiger charge is 2.38. The number of carbonyl (C=O) groups excluding carboxylic acids is 2. The lowest BCUT2D eigenvalue weighted by Gasteiger charge is -2.40. The highest BCUT2D eigenvalue weighted by atomic mass is 19.1. The Hall–Kier alpha value is -5.93. The first kappa shape index (κ1) is 40.5. The van der Waals surface area contributed by atoms with Gasteiger partial charge in [-0.15, -0.1) is 6.58 Å². The largest absolute Gasteiger partial charge is 0.384 e. The van der Waals surface area contributed by atoms with Crippen LogP contribution in [0.4, 0.5) is 27.4 Å². The zero-order valence-electron chi connectivity index (χ0n) is 34.6. The third-order valence-corrected chi connectivity index (χ3v) is 13.2. The molecule has 2 aromatic carbocycles. The van der Waals surface area contributed by atoms with Gasteiger partial charge >= 0.3 is 0 Å². The maximum Gasteiger partial charge on any atom is 0.278 e. The van der Waals surface area contributed by atoms with E-state index in [1.807, 2.05) is 55.5 Å². The molecule has 3 saturated heterocycles. The molecule has 1 aliphatic carbocycles. The first-order chi connectivity index (χ1) is 29.5. The lowest BCUT2D eigenvalue weighted by atomic mass is 9.90. The molecule has 1 unspecified atom stereocenters. The van der Waals surface area contributed by atoms with Crippen LogP contribution in [0, 0.1) is 0 Å². The van der Waals surface area contributed by atoms with Crippen LogP contribution < -0.4 is 31.3 Å². The van der Waals surface area contributed by atoms with E-state index in [2.05, 4.69) is 49.4 Å². The van der Waals surface area contributed by atoms with Crippen molar-refractivity contribution in [2.75, 3.05) is 47.8 Å². The summed E-state index contributed by atoms with van der Waals surface area (Å²) in [6.45, 7) is 9.35. The molecule has 9 rings (SSSR count). The molecule has 3 aliphatic heterocycles. The predicted octanol–water partition coefficient (Wildman–Crippen LogP) is 5.54. The second kappa shape index (κ2) is 16.5. The topological polar surface area (TPSA) is 163 Å². The quantitative estimate of drug-likeness (QED) is 0.0924. The molecule has 2 amide bonds. The van der Waals surface area contributed by atoms with Crippen LogP contribution in [0.25, 0.3) is 16.9 Å². The van der Waals surface area contributed by atoms with Gasteiger partial charge in [0.15, 0.2) is 11.5 Å². The van der Waals surface area contributed by atoms with Gasteiger partial charge in [0.2, 0.25) is 17.8 Å². The summed E-state index contributed by atoms with van der Waals surface area (Å²) in [7, 11) is 0. The number of hydrogen-bond donors (Lipinski definition) is 4. The first-order valence-electron chi connectivity index (χ1n) is 21.6. The number of piperidine rings is 3. The number of aromatic nitrogens is 5. The van der Waals surface area contributed by atoms with Gasteiger partial charge in [-0.1, -0.05) is 31.2 Å². The summed E-state index contributed by atoms with van der Waals surface area (Å²) in [6.07, 6.45) is 8.71. The van der Waals surface area contributed by atoms with Gasteiger partial charge in [-0.3, -0.25) is 19.7 Å². The summed E-state index contributed by atoms with van der Waals surface area (Å²) in [6, 6.07) is 20.1. The van der Waals surface area contributed by atoms with E-state index in [0.29, 0.717) is 86.7 Å². The number of rotatable bonds is 12.